The molecule has 0 radical (unpaired) electrons. The molecule has 1 rings (SSSR count). The molecule has 0 atom stereocenters. The number of nitrogens with zero attached hydrogens (tertiary/aromatic N) is 2. The average molecular weight is 266 g/mol. The first-order valence-corrected chi connectivity index (χ1v) is 7.97. The number of hydrogen-bond acceptors (Lipinski definition) is 1. The number of hydrogen-bond donors (Lipinski definition) is 0. The van der Waals surface area contributed by atoms with E-state index in [2.05, 4.69) is 6.92 Å². The van der Waals surface area contributed by atoms with Gasteiger partial charge in [0.15, 0.2) is 0 Å². The van der Waals surface area contributed by atoms with Crippen LogP contribution in [0, 0.1) is 0 Å². The van der Waals surface area contributed by atoms with Gasteiger partial charge in [-0.3, -0.25) is 4.57 Å². The van der Waals surface area contributed by atoms with E-state index in [9.17, 15) is 4.79 Å². The maximum Gasteiger partial charge on any atom is 0.327 e. The standard InChI is InChI=1S/C16H30N2O/c1-3-4-5-6-7-8-9-10-11-12-13-18-15-14-17(2)16(18)19/h14-15H,3-13H2,1-2H3. The van der Waals surface area contributed by atoms with Crippen LogP contribution in [0.3, 0.4) is 0 Å². The average Bonchev–Trinajstić information content (AvgIpc) is 2.73. The fourth-order valence-corrected chi connectivity index (χ4v) is 2.45. The molecule has 3 nitrogen and oxygen atoms in total. The van der Waals surface area contributed by atoms with Crippen LogP contribution in [0.4, 0.5) is 0 Å². The Morgan fingerprint density at radius 3 is 1.84 bits per heavy atom. The molecule has 110 valence electrons. The van der Waals surface area contributed by atoms with Crippen LogP contribution in [0.1, 0.15) is 71.1 Å². The van der Waals surface area contributed by atoms with Gasteiger partial charge in [-0.05, 0) is 6.42 Å². The Labute approximate surface area is 117 Å². The molecule has 1 aromatic heterocycles. The van der Waals surface area contributed by atoms with E-state index in [4.69, 9.17) is 0 Å². The maximum atomic E-state index is 11.6. The van der Waals surface area contributed by atoms with E-state index >= 15 is 0 Å². The van der Waals surface area contributed by atoms with Gasteiger partial charge in [-0.15, -0.1) is 0 Å². The Morgan fingerprint density at radius 2 is 1.37 bits per heavy atom. The van der Waals surface area contributed by atoms with Gasteiger partial charge >= 0.3 is 5.69 Å². The summed E-state index contributed by atoms with van der Waals surface area (Å²) in [6.45, 7) is 3.13. The van der Waals surface area contributed by atoms with E-state index < -0.39 is 0 Å². The Bertz CT molecular complexity index is 378. The van der Waals surface area contributed by atoms with Gasteiger partial charge in [0.05, 0.1) is 0 Å². The summed E-state index contributed by atoms with van der Waals surface area (Å²) in [6.07, 6.45) is 17.1. The highest BCUT2D eigenvalue weighted by molar-refractivity contribution is 4.79. The Morgan fingerprint density at radius 1 is 0.842 bits per heavy atom. The second-order valence-electron chi connectivity index (χ2n) is 5.57. The summed E-state index contributed by atoms with van der Waals surface area (Å²) >= 11 is 0. The lowest BCUT2D eigenvalue weighted by molar-refractivity contribution is 0.528. The molecule has 0 saturated carbocycles. The molecule has 0 aromatic carbocycles. The third-order valence-corrected chi connectivity index (χ3v) is 3.77. The molecule has 0 amide bonds. The summed E-state index contributed by atoms with van der Waals surface area (Å²) in [5.41, 5.74) is 0.107. The lowest BCUT2D eigenvalue weighted by Crippen LogP contribution is -2.21. The first-order valence-electron chi connectivity index (χ1n) is 7.97. The van der Waals surface area contributed by atoms with Crippen LogP contribution in [-0.2, 0) is 13.6 Å². The second-order valence-corrected chi connectivity index (χ2v) is 5.57. The second kappa shape index (κ2) is 9.88. The molecular weight excluding hydrogens is 236 g/mol. The molecule has 3 heteroatoms. The summed E-state index contributed by atoms with van der Waals surface area (Å²) in [6, 6.07) is 0. The number of imidazole rings is 1. The Kier molecular flexibility index (Phi) is 8.35. The lowest BCUT2D eigenvalue weighted by atomic mass is 10.1. The van der Waals surface area contributed by atoms with E-state index in [0.29, 0.717) is 0 Å². The number of aromatic nitrogens is 2. The zero-order chi connectivity index (χ0) is 13.9. The van der Waals surface area contributed by atoms with E-state index in [1.165, 1.54) is 57.8 Å². The Balaban J connectivity index is 1.91. The predicted molar refractivity (Wildman–Crippen MR) is 81.5 cm³/mol. The summed E-state index contributed by atoms with van der Waals surface area (Å²) < 4.78 is 3.45. The van der Waals surface area contributed by atoms with Crippen molar-refractivity contribution in [1.82, 2.24) is 9.13 Å². The van der Waals surface area contributed by atoms with Crippen molar-refractivity contribution in [1.29, 1.82) is 0 Å². The molecule has 0 unspecified atom stereocenters. The van der Waals surface area contributed by atoms with Crippen molar-refractivity contribution in [2.45, 2.75) is 77.7 Å². The van der Waals surface area contributed by atoms with Crippen LogP contribution in [0.2, 0.25) is 0 Å². The van der Waals surface area contributed by atoms with E-state index in [0.717, 1.165) is 13.0 Å². The fraction of sp³-hybridized carbons (Fsp3) is 0.812. The van der Waals surface area contributed by atoms with Gasteiger partial charge in [0, 0.05) is 26.0 Å². The lowest BCUT2D eigenvalue weighted by Gasteiger charge is -2.03. The minimum Gasteiger partial charge on any atom is -0.302 e. The highest BCUT2D eigenvalue weighted by Crippen LogP contribution is 2.10. The van der Waals surface area contributed by atoms with Crippen molar-refractivity contribution >= 4 is 0 Å². The van der Waals surface area contributed by atoms with Crippen LogP contribution >= 0.6 is 0 Å². The van der Waals surface area contributed by atoms with Crippen molar-refractivity contribution in [2.24, 2.45) is 7.05 Å². The summed E-state index contributed by atoms with van der Waals surface area (Å²) in [7, 11) is 1.80. The molecule has 0 spiro atoms. The minimum absolute atomic E-state index is 0.107. The molecule has 0 aliphatic carbocycles. The van der Waals surface area contributed by atoms with Gasteiger partial charge in [0.2, 0.25) is 0 Å². The highest BCUT2D eigenvalue weighted by Gasteiger charge is 1.98. The third kappa shape index (κ3) is 6.65. The first kappa shape index (κ1) is 16.1. The molecule has 0 fully saturated rings. The van der Waals surface area contributed by atoms with Crippen molar-refractivity contribution in [2.75, 3.05) is 0 Å². The molecule has 0 N–H and O–H groups in total. The zero-order valence-corrected chi connectivity index (χ0v) is 12.7. The van der Waals surface area contributed by atoms with Crippen LogP contribution in [0.15, 0.2) is 17.2 Å². The van der Waals surface area contributed by atoms with Crippen molar-refractivity contribution < 1.29 is 0 Å². The maximum absolute atomic E-state index is 11.6. The molecule has 0 saturated heterocycles. The quantitative estimate of drug-likeness (QED) is 0.554. The summed E-state index contributed by atoms with van der Waals surface area (Å²) in [5.74, 6) is 0. The van der Waals surface area contributed by atoms with Crippen LogP contribution in [0.25, 0.3) is 0 Å². The molecule has 19 heavy (non-hydrogen) atoms. The molecule has 0 aliphatic rings. The van der Waals surface area contributed by atoms with Crippen molar-refractivity contribution in [3.8, 4) is 0 Å². The largest absolute Gasteiger partial charge is 0.327 e. The van der Waals surface area contributed by atoms with Gasteiger partial charge in [-0.2, -0.15) is 0 Å². The molecule has 1 aromatic rings. The van der Waals surface area contributed by atoms with E-state index in [-0.39, 0.29) is 5.69 Å². The molecule has 0 aliphatic heterocycles. The first-order chi connectivity index (χ1) is 9.25. The summed E-state index contributed by atoms with van der Waals surface area (Å²) in [4.78, 5) is 11.6. The van der Waals surface area contributed by atoms with Crippen LogP contribution in [-0.4, -0.2) is 9.13 Å². The van der Waals surface area contributed by atoms with Gasteiger partial charge in [-0.25, -0.2) is 4.79 Å². The van der Waals surface area contributed by atoms with Gasteiger partial charge < -0.3 is 4.57 Å². The van der Waals surface area contributed by atoms with Gasteiger partial charge in [0.25, 0.3) is 0 Å². The van der Waals surface area contributed by atoms with Crippen molar-refractivity contribution in [3.05, 3.63) is 22.9 Å². The smallest absolute Gasteiger partial charge is 0.302 e. The SMILES string of the molecule is CCCCCCCCCCCCn1ccn(C)c1=O. The third-order valence-electron chi connectivity index (χ3n) is 3.77. The minimum atomic E-state index is 0.107. The van der Waals surface area contributed by atoms with E-state index in [1.54, 1.807) is 11.6 Å². The molecule has 0 bridgehead atoms. The zero-order valence-electron chi connectivity index (χ0n) is 12.7. The van der Waals surface area contributed by atoms with Crippen LogP contribution in [0.5, 0.6) is 0 Å². The number of rotatable bonds is 11. The molecular formula is C16H30N2O. The summed E-state index contributed by atoms with van der Waals surface area (Å²) in [5, 5.41) is 0. The Hall–Kier alpha value is -0.990. The monoisotopic (exact) mass is 266 g/mol. The number of aryl methyl sites for hydroxylation is 2. The van der Waals surface area contributed by atoms with Gasteiger partial charge in [-0.1, -0.05) is 64.7 Å². The predicted octanol–water partition coefficient (Wildman–Crippen LogP) is 4.11. The van der Waals surface area contributed by atoms with Gasteiger partial charge in [0.1, 0.15) is 0 Å². The molecule has 1 heterocycles. The van der Waals surface area contributed by atoms with Crippen LogP contribution < -0.4 is 5.69 Å². The topological polar surface area (TPSA) is 26.9 Å². The van der Waals surface area contributed by atoms with Crippen molar-refractivity contribution in [3.63, 3.8) is 0 Å². The highest BCUT2D eigenvalue weighted by atomic mass is 16.1. The normalized spacial score (nSPS) is 11.1. The van der Waals surface area contributed by atoms with E-state index in [1.807, 2.05) is 17.0 Å². The number of unbranched alkanes of at least 4 members (excludes halogenated alkanes) is 9. The fourth-order valence-electron chi connectivity index (χ4n) is 2.45.